The summed E-state index contributed by atoms with van der Waals surface area (Å²) in [6.07, 6.45) is 3.40. The number of hydrogen-bond acceptors (Lipinski definition) is 3. The highest BCUT2D eigenvalue weighted by Gasteiger charge is 2.43. The minimum absolute atomic E-state index is 0.0655. The van der Waals surface area contributed by atoms with E-state index in [2.05, 4.69) is 107 Å². The average Bonchev–Trinajstić information content (AvgIpc) is 3.55. The van der Waals surface area contributed by atoms with Crippen molar-refractivity contribution >= 4 is 17.4 Å². The summed E-state index contributed by atoms with van der Waals surface area (Å²) < 4.78 is 7.76. The molecule has 0 bridgehead atoms. The van der Waals surface area contributed by atoms with Crippen molar-refractivity contribution in [3.05, 3.63) is 69.1 Å². The minimum Gasteiger partial charge on any atom is -0.402 e. The minimum atomic E-state index is -0.679. The average molecular weight is 666 g/mol. The van der Waals surface area contributed by atoms with Gasteiger partial charge in [0.1, 0.15) is 5.65 Å². The number of nitrogens with zero attached hydrogens (tertiary/aromatic N) is 6. The zero-order valence-corrected chi connectivity index (χ0v) is 31.3. The Morgan fingerprint density at radius 2 is 1.71 bits per heavy atom. The number of carbonyl (C=O) groups is 1. The number of benzene rings is 1. The van der Waals surface area contributed by atoms with Crippen LogP contribution in [0, 0.1) is 61.6 Å². The van der Waals surface area contributed by atoms with Gasteiger partial charge in [0.25, 0.3) is 5.69 Å². The van der Waals surface area contributed by atoms with Crippen LogP contribution in [0.1, 0.15) is 98.3 Å². The molecule has 1 aliphatic carbocycles. The second-order valence-corrected chi connectivity index (χ2v) is 16.7. The highest BCUT2D eigenvalue weighted by molar-refractivity contribution is 5.80. The molecular weight excluding hydrogens is 610 g/mol. The van der Waals surface area contributed by atoms with Gasteiger partial charge in [-0.05, 0) is 90.7 Å². The predicted octanol–water partition coefficient (Wildman–Crippen LogP) is 10.0. The van der Waals surface area contributed by atoms with Gasteiger partial charge in [0.2, 0.25) is 19.0 Å². The summed E-state index contributed by atoms with van der Waals surface area (Å²) in [5.74, 6) is 3.20. The Labute approximate surface area is 293 Å². The van der Waals surface area contributed by atoms with Gasteiger partial charge in [-0.15, -0.1) is 0 Å². The van der Waals surface area contributed by atoms with Crippen molar-refractivity contribution < 1.29 is 9.53 Å². The van der Waals surface area contributed by atoms with Crippen molar-refractivity contribution in [3.8, 4) is 17.3 Å². The fraction of sp³-hybridized carbons (Fsp3) is 0.625. The second kappa shape index (κ2) is 15.1. The Hall–Kier alpha value is -4.29. The maximum Gasteiger partial charge on any atom is 0.415 e. The summed E-state index contributed by atoms with van der Waals surface area (Å²) in [5, 5.41) is 3.41. The van der Waals surface area contributed by atoms with Crippen LogP contribution in [-0.2, 0) is 11.8 Å². The first kappa shape index (κ1) is 37.5. The summed E-state index contributed by atoms with van der Waals surface area (Å²) in [5.41, 5.74) is 4.95. The number of nitrogens with one attached hydrogen (secondary N) is 1. The highest BCUT2D eigenvalue weighted by Crippen LogP contribution is 2.51. The van der Waals surface area contributed by atoms with Crippen molar-refractivity contribution in [1.29, 1.82) is 0 Å². The van der Waals surface area contributed by atoms with E-state index in [0.29, 0.717) is 53.2 Å². The van der Waals surface area contributed by atoms with Gasteiger partial charge in [-0.2, -0.15) is 0 Å². The number of aromatic amines is 1. The molecule has 9 nitrogen and oxygen atoms in total. The van der Waals surface area contributed by atoms with E-state index >= 15 is 0 Å². The number of aryl methyl sites for hydroxylation is 1. The molecule has 0 radical (unpaired) electrons. The third-order valence-electron chi connectivity index (χ3n) is 10.2. The van der Waals surface area contributed by atoms with Crippen LogP contribution in [-0.4, -0.2) is 51.8 Å². The molecule has 1 aliphatic rings. The van der Waals surface area contributed by atoms with E-state index < -0.39 is 6.09 Å². The lowest BCUT2D eigenvalue weighted by Gasteiger charge is -2.48. The van der Waals surface area contributed by atoms with Crippen molar-refractivity contribution in [2.75, 3.05) is 26.2 Å². The number of aromatic nitrogens is 3. The number of fused-ring (bicyclic) bond motifs is 1. The van der Waals surface area contributed by atoms with E-state index in [9.17, 15) is 4.79 Å². The number of amides is 1. The SMILES string of the molecule is [C-]#[N+]CCN(CC[N+]#[C-])C(=O)Oc1c([N+]#[C-])c(CC2C(CC(C)C)CC(C)CC2C(C)(C)C)c2nc(-c3cc(C)cc(C(C)(C)C)c3)[nH]n12. The van der Waals surface area contributed by atoms with E-state index in [4.69, 9.17) is 29.4 Å². The van der Waals surface area contributed by atoms with E-state index in [1.54, 1.807) is 4.52 Å². The first-order chi connectivity index (χ1) is 23.0. The zero-order chi connectivity index (χ0) is 36.3. The van der Waals surface area contributed by atoms with Crippen LogP contribution in [0.25, 0.3) is 31.6 Å². The smallest absolute Gasteiger partial charge is 0.402 e. The Morgan fingerprint density at radius 3 is 2.27 bits per heavy atom. The summed E-state index contributed by atoms with van der Waals surface area (Å²) >= 11 is 0. The fourth-order valence-electron chi connectivity index (χ4n) is 7.83. The van der Waals surface area contributed by atoms with Crippen LogP contribution in [0.15, 0.2) is 18.2 Å². The molecule has 3 aromatic rings. The molecule has 1 saturated carbocycles. The van der Waals surface area contributed by atoms with Crippen LogP contribution >= 0.6 is 0 Å². The molecule has 0 saturated heterocycles. The highest BCUT2D eigenvalue weighted by atomic mass is 16.6. The van der Waals surface area contributed by atoms with Gasteiger partial charge in [0.05, 0.1) is 19.7 Å². The molecule has 1 fully saturated rings. The van der Waals surface area contributed by atoms with Crippen LogP contribution in [0.5, 0.6) is 5.88 Å². The third-order valence-corrected chi connectivity index (χ3v) is 10.2. The number of rotatable bonds is 10. The summed E-state index contributed by atoms with van der Waals surface area (Å²) in [4.78, 5) is 31.0. The zero-order valence-electron chi connectivity index (χ0n) is 31.3. The Kier molecular flexibility index (Phi) is 11.6. The molecule has 4 atom stereocenters. The maximum atomic E-state index is 13.7. The molecule has 0 aliphatic heterocycles. The predicted molar refractivity (Wildman–Crippen MR) is 197 cm³/mol. The Morgan fingerprint density at radius 1 is 1.06 bits per heavy atom. The molecule has 1 N–H and O–H groups in total. The van der Waals surface area contributed by atoms with Gasteiger partial charge in [-0.25, -0.2) is 32.3 Å². The van der Waals surface area contributed by atoms with E-state index in [0.717, 1.165) is 36.0 Å². The van der Waals surface area contributed by atoms with Crippen molar-refractivity contribution in [2.24, 2.45) is 35.0 Å². The van der Waals surface area contributed by atoms with Crippen LogP contribution < -0.4 is 4.74 Å². The molecule has 0 spiro atoms. The van der Waals surface area contributed by atoms with E-state index in [1.165, 1.54) is 10.5 Å². The number of H-pyrrole nitrogens is 1. The lowest BCUT2D eigenvalue weighted by Crippen LogP contribution is -2.40. The van der Waals surface area contributed by atoms with Gasteiger partial charge in [-0.1, -0.05) is 73.9 Å². The monoisotopic (exact) mass is 665 g/mol. The van der Waals surface area contributed by atoms with E-state index in [-0.39, 0.29) is 42.9 Å². The summed E-state index contributed by atoms with van der Waals surface area (Å²) in [6, 6.07) is 6.45. The van der Waals surface area contributed by atoms with Gasteiger partial charge in [-0.3, -0.25) is 10.00 Å². The number of hydrogen-bond donors (Lipinski definition) is 1. The summed E-state index contributed by atoms with van der Waals surface area (Å²) in [7, 11) is 0. The second-order valence-electron chi connectivity index (χ2n) is 16.7. The van der Waals surface area contributed by atoms with Crippen LogP contribution in [0.4, 0.5) is 10.5 Å². The molecule has 1 aromatic carbocycles. The van der Waals surface area contributed by atoms with Crippen LogP contribution in [0.2, 0.25) is 0 Å². The molecule has 2 heterocycles. The number of ether oxygens (including phenoxy) is 1. The van der Waals surface area contributed by atoms with Gasteiger partial charge in [0.15, 0.2) is 5.82 Å². The maximum absolute atomic E-state index is 13.7. The van der Waals surface area contributed by atoms with Gasteiger partial charge >= 0.3 is 6.09 Å². The normalized spacial score (nSPS) is 19.8. The summed E-state index contributed by atoms with van der Waals surface area (Å²) in [6.45, 7) is 46.0. The molecular formula is C40H55N7O2. The Bertz CT molecular complexity index is 1740. The fourth-order valence-corrected chi connectivity index (χ4v) is 7.83. The molecule has 4 rings (SSSR count). The topological polar surface area (TPSA) is 75.7 Å². The van der Waals surface area contributed by atoms with E-state index in [1.807, 2.05) is 0 Å². The molecule has 4 unspecified atom stereocenters. The number of carbonyl (C=O) groups excluding carboxylic acids is 1. The lowest BCUT2D eigenvalue weighted by atomic mass is 9.57. The largest absolute Gasteiger partial charge is 0.415 e. The molecule has 1 amide bonds. The van der Waals surface area contributed by atoms with Crippen LogP contribution in [0.3, 0.4) is 0 Å². The molecule has 2 aromatic heterocycles. The standard InChI is InChI=1S/C40H55N7O2/c1-25(2)18-28-19-27(4)22-33(40(8,9)10)31(28)24-32-34(43-13)37(49-38(48)46(16-14-41-11)17-15-42-12)47-36(32)44-35(45-47)29-20-26(3)21-30(23-29)39(5,6)7/h20-21,23,25,27-28,31,33H,14-19,22,24H2,1-10H3,(H,44,45). The Balaban J connectivity index is 1.92. The first-order valence-corrected chi connectivity index (χ1v) is 17.7. The molecule has 49 heavy (non-hydrogen) atoms. The third kappa shape index (κ3) is 8.66. The van der Waals surface area contributed by atoms with Gasteiger partial charge < -0.3 is 14.4 Å². The quantitative estimate of drug-likeness (QED) is 0.219. The van der Waals surface area contributed by atoms with Gasteiger partial charge in [0, 0.05) is 11.1 Å². The lowest BCUT2D eigenvalue weighted by molar-refractivity contribution is 0.0259. The molecule has 9 heteroatoms. The first-order valence-electron chi connectivity index (χ1n) is 17.7. The van der Waals surface area contributed by atoms with Crippen molar-refractivity contribution in [2.45, 2.75) is 100 Å². The van der Waals surface area contributed by atoms with Crippen molar-refractivity contribution in [3.63, 3.8) is 0 Å². The van der Waals surface area contributed by atoms with Crippen molar-refractivity contribution in [1.82, 2.24) is 19.5 Å². The molecule has 262 valence electrons.